The molecule has 0 aliphatic heterocycles. The topological polar surface area (TPSA) is 68.3 Å². The van der Waals surface area contributed by atoms with Gasteiger partial charge in [-0.05, 0) is 36.9 Å². The van der Waals surface area contributed by atoms with Gasteiger partial charge in [0.15, 0.2) is 9.84 Å². The molecule has 0 unspecified atom stereocenters. The van der Waals surface area contributed by atoms with E-state index in [0.29, 0.717) is 18.0 Å². The van der Waals surface area contributed by atoms with Gasteiger partial charge in [-0.15, -0.1) is 0 Å². The van der Waals surface area contributed by atoms with Crippen LogP contribution in [0.15, 0.2) is 47.6 Å². The Morgan fingerprint density at radius 1 is 1.19 bits per heavy atom. The van der Waals surface area contributed by atoms with Gasteiger partial charge in [-0.2, -0.15) is 0 Å². The van der Waals surface area contributed by atoms with Gasteiger partial charge >= 0.3 is 0 Å². The normalized spacial score (nSPS) is 11.3. The molecule has 0 fully saturated rings. The first kappa shape index (κ1) is 15.5. The van der Waals surface area contributed by atoms with Crippen LogP contribution in [0.5, 0.6) is 11.5 Å². The average Bonchev–Trinajstić information content (AvgIpc) is 2.46. The molecule has 1 heterocycles. The Balaban J connectivity index is 2.18. The molecule has 1 N–H and O–H groups in total. The molecule has 0 radical (unpaired) electrons. The number of aromatic nitrogens is 1. The number of pyridine rings is 1. The lowest BCUT2D eigenvalue weighted by atomic mass is 10.2. The van der Waals surface area contributed by atoms with Crippen molar-refractivity contribution in [1.82, 2.24) is 10.3 Å². The lowest BCUT2D eigenvalue weighted by Crippen LogP contribution is -2.12. The zero-order valence-corrected chi connectivity index (χ0v) is 12.9. The van der Waals surface area contributed by atoms with E-state index in [1.165, 1.54) is 18.4 Å². The Labute approximate surface area is 124 Å². The van der Waals surface area contributed by atoms with E-state index in [1.54, 1.807) is 30.6 Å². The summed E-state index contributed by atoms with van der Waals surface area (Å²) in [6, 6.07) is 8.16. The minimum absolute atomic E-state index is 0.275. The molecule has 2 aromatic rings. The summed E-state index contributed by atoms with van der Waals surface area (Å²) in [6.07, 6.45) is 4.60. The molecule has 1 aromatic carbocycles. The Morgan fingerprint density at radius 3 is 2.52 bits per heavy atom. The van der Waals surface area contributed by atoms with Gasteiger partial charge in [0.2, 0.25) is 0 Å². The quantitative estimate of drug-likeness (QED) is 0.887. The minimum atomic E-state index is -3.19. The van der Waals surface area contributed by atoms with E-state index in [2.05, 4.69) is 10.3 Å². The number of benzene rings is 1. The van der Waals surface area contributed by atoms with Crippen molar-refractivity contribution in [3.05, 3.63) is 48.3 Å². The van der Waals surface area contributed by atoms with Gasteiger partial charge in [0, 0.05) is 30.8 Å². The fraction of sp³-hybridized carbons (Fsp3) is 0.267. The summed E-state index contributed by atoms with van der Waals surface area (Å²) in [6.45, 7) is 3.55. The van der Waals surface area contributed by atoms with E-state index in [1.807, 2.05) is 6.92 Å². The van der Waals surface area contributed by atoms with Gasteiger partial charge in [0.1, 0.15) is 11.5 Å². The maximum atomic E-state index is 11.4. The Morgan fingerprint density at radius 2 is 1.90 bits per heavy atom. The third kappa shape index (κ3) is 4.27. The first-order chi connectivity index (χ1) is 10.0. The summed E-state index contributed by atoms with van der Waals surface area (Å²) in [5.41, 5.74) is 0.950. The van der Waals surface area contributed by atoms with Crippen molar-refractivity contribution in [2.24, 2.45) is 0 Å². The van der Waals surface area contributed by atoms with Crippen LogP contribution in [0.25, 0.3) is 0 Å². The Hall–Kier alpha value is -1.92. The standard InChI is InChI=1S/C15H18N2O3S/c1-3-16-10-12-11-17-9-8-15(12)20-13-4-6-14(7-5-13)21(2,18)19/h4-9,11,16H,3,10H2,1-2H3. The highest BCUT2D eigenvalue weighted by Gasteiger charge is 2.08. The monoisotopic (exact) mass is 306 g/mol. The summed E-state index contributed by atoms with van der Waals surface area (Å²) in [5.74, 6) is 1.30. The van der Waals surface area contributed by atoms with E-state index in [-0.39, 0.29) is 4.90 Å². The first-order valence-electron chi connectivity index (χ1n) is 6.62. The smallest absolute Gasteiger partial charge is 0.175 e. The van der Waals surface area contributed by atoms with Crippen molar-refractivity contribution in [1.29, 1.82) is 0 Å². The molecule has 112 valence electrons. The SMILES string of the molecule is CCNCc1cnccc1Oc1ccc(S(C)(=O)=O)cc1. The highest BCUT2D eigenvalue weighted by molar-refractivity contribution is 7.90. The maximum absolute atomic E-state index is 11.4. The number of hydrogen-bond acceptors (Lipinski definition) is 5. The zero-order valence-electron chi connectivity index (χ0n) is 12.0. The molecule has 5 nitrogen and oxygen atoms in total. The molecule has 1 aromatic heterocycles. The average molecular weight is 306 g/mol. The third-order valence-corrected chi connectivity index (χ3v) is 4.03. The van der Waals surface area contributed by atoms with Crippen molar-refractivity contribution >= 4 is 9.84 Å². The summed E-state index contributed by atoms with van der Waals surface area (Å²) >= 11 is 0. The zero-order chi connectivity index (χ0) is 15.3. The number of rotatable bonds is 6. The fourth-order valence-corrected chi connectivity index (χ4v) is 2.42. The molecule has 0 saturated heterocycles. The lowest BCUT2D eigenvalue weighted by Gasteiger charge is -2.11. The van der Waals surface area contributed by atoms with Crippen molar-refractivity contribution < 1.29 is 13.2 Å². The summed E-state index contributed by atoms with van der Waals surface area (Å²) in [4.78, 5) is 4.36. The highest BCUT2D eigenvalue weighted by atomic mass is 32.2. The third-order valence-electron chi connectivity index (χ3n) is 2.90. The largest absolute Gasteiger partial charge is 0.457 e. The van der Waals surface area contributed by atoms with Crippen LogP contribution in [0.1, 0.15) is 12.5 Å². The van der Waals surface area contributed by atoms with Crippen LogP contribution in [0.2, 0.25) is 0 Å². The van der Waals surface area contributed by atoms with E-state index >= 15 is 0 Å². The lowest BCUT2D eigenvalue weighted by molar-refractivity contribution is 0.471. The molecular weight excluding hydrogens is 288 g/mol. The summed E-state index contributed by atoms with van der Waals surface area (Å²) in [5, 5.41) is 3.22. The Kier molecular flexibility index (Phi) is 4.93. The second-order valence-corrected chi connectivity index (χ2v) is 6.63. The molecule has 0 spiro atoms. The van der Waals surface area contributed by atoms with Gasteiger partial charge in [0.05, 0.1) is 4.90 Å². The van der Waals surface area contributed by atoms with Crippen molar-refractivity contribution in [3.8, 4) is 11.5 Å². The van der Waals surface area contributed by atoms with Crippen LogP contribution in [-0.2, 0) is 16.4 Å². The van der Waals surface area contributed by atoms with Gasteiger partial charge in [-0.25, -0.2) is 8.42 Å². The van der Waals surface area contributed by atoms with Crippen molar-refractivity contribution in [2.75, 3.05) is 12.8 Å². The predicted molar refractivity (Wildman–Crippen MR) is 81.2 cm³/mol. The molecule has 0 aliphatic rings. The molecule has 6 heteroatoms. The van der Waals surface area contributed by atoms with Gasteiger partial charge < -0.3 is 10.1 Å². The van der Waals surface area contributed by atoms with Gasteiger partial charge in [-0.1, -0.05) is 6.92 Å². The van der Waals surface area contributed by atoms with E-state index < -0.39 is 9.84 Å². The van der Waals surface area contributed by atoms with E-state index in [4.69, 9.17) is 4.74 Å². The van der Waals surface area contributed by atoms with Crippen molar-refractivity contribution in [3.63, 3.8) is 0 Å². The molecule has 0 amide bonds. The molecule has 2 rings (SSSR count). The molecule has 0 aliphatic carbocycles. The number of hydrogen-bond donors (Lipinski definition) is 1. The van der Waals surface area contributed by atoms with Crippen LogP contribution in [0.3, 0.4) is 0 Å². The minimum Gasteiger partial charge on any atom is -0.457 e. The second kappa shape index (κ2) is 6.69. The Bertz CT molecular complexity index is 697. The summed E-state index contributed by atoms with van der Waals surface area (Å²) in [7, 11) is -3.19. The number of sulfone groups is 1. The molecular formula is C15H18N2O3S. The maximum Gasteiger partial charge on any atom is 0.175 e. The van der Waals surface area contributed by atoms with Crippen LogP contribution in [0.4, 0.5) is 0 Å². The van der Waals surface area contributed by atoms with Crippen molar-refractivity contribution in [2.45, 2.75) is 18.4 Å². The second-order valence-electron chi connectivity index (χ2n) is 4.61. The number of nitrogens with one attached hydrogen (secondary N) is 1. The van der Waals surface area contributed by atoms with Crippen LogP contribution in [-0.4, -0.2) is 26.2 Å². The van der Waals surface area contributed by atoms with Crippen LogP contribution < -0.4 is 10.1 Å². The predicted octanol–water partition coefficient (Wildman–Crippen LogP) is 2.39. The van der Waals surface area contributed by atoms with E-state index in [9.17, 15) is 8.42 Å². The molecule has 0 atom stereocenters. The molecule has 0 saturated carbocycles. The van der Waals surface area contributed by atoms with Crippen LogP contribution in [0, 0.1) is 0 Å². The van der Waals surface area contributed by atoms with Gasteiger partial charge in [0.25, 0.3) is 0 Å². The number of ether oxygens (including phenoxy) is 1. The molecule has 0 bridgehead atoms. The van der Waals surface area contributed by atoms with Crippen LogP contribution >= 0.6 is 0 Å². The summed E-state index contributed by atoms with van der Waals surface area (Å²) < 4.78 is 28.6. The van der Waals surface area contributed by atoms with Gasteiger partial charge in [-0.3, -0.25) is 4.98 Å². The first-order valence-corrected chi connectivity index (χ1v) is 8.51. The fourth-order valence-electron chi connectivity index (χ4n) is 1.79. The highest BCUT2D eigenvalue weighted by Crippen LogP contribution is 2.25. The number of nitrogens with zero attached hydrogens (tertiary/aromatic N) is 1. The van der Waals surface area contributed by atoms with E-state index in [0.717, 1.165) is 12.1 Å². The molecule has 21 heavy (non-hydrogen) atoms.